The topological polar surface area (TPSA) is 532 Å². The van der Waals surface area contributed by atoms with Gasteiger partial charge in [0.1, 0.15) is 54.4 Å². The van der Waals surface area contributed by atoms with Crippen LogP contribution in [-0.4, -0.2) is 196 Å². The SMILES string of the molecule is CC[C@H](C)[C@@H]1NC(=O)[C@@H](CCCNC(=N)N)NC(=O)[C@H](CC(C)C)NC(=O)[C@H]([C@H](O)C(C)C)NC(=O)[C@@H](NC(=O)[C@H](CC(C)(C)C)NC(=O)[C@H](N)CC(C)(C)C)[C@@H](c2ccccc2)NC(=O)[C@H](CO)NC(=O)C([C@H](O)C(N)=O)NC(=O)CNC(=O)[C@H](CO)NC1=O. The highest BCUT2D eigenvalue weighted by atomic mass is 16.3. The van der Waals surface area contributed by atoms with Gasteiger partial charge in [-0.1, -0.05) is 120 Å². The molecule has 0 spiro atoms. The molecule has 1 unspecified atom stereocenters. The average molecular weight is 1290 g/mol. The van der Waals surface area contributed by atoms with Gasteiger partial charge in [0.05, 0.1) is 37.9 Å². The van der Waals surface area contributed by atoms with Crippen molar-refractivity contribution in [2.45, 2.75) is 200 Å². The summed E-state index contributed by atoms with van der Waals surface area (Å²) >= 11 is 0. The third-order valence-electron chi connectivity index (χ3n) is 14.6. The zero-order chi connectivity index (χ0) is 69.4. The van der Waals surface area contributed by atoms with Gasteiger partial charge < -0.3 is 101 Å². The van der Waals surface area contributed by atoms with Gasteiger partial charge in [-0.15, -0.1) is 0 Å². The second-order valence-corrected chi connectivity index (χ2v) is 26.0. The van der Waals surface area contributed by atoms with Crippen LogP contribution in [0, 0.1) is 34.0 Å². The molecule has 1 aromatic carbocycles. The summed E-state index contributed by atoms with van der Waals surface area (Å²) in [5.41, 5.74) is 16.0. The number of carbonyl (C=O) groups is 12. The van der Waals surface area contributed by atoms with Gasteiger partial charge in [-0.3, -0.25) is 62.9 Å². The van der Waals surface area contributed by atoms with Crippen molar-refractivity contribution in [1.29, 1.82) is 5.41 Å². The quantitative estimate of drug-likeness (QED) is 0.0311. The summed E-state index contributed by atoms with van der Waals surface area (Å²) < 4.78 is 0. The van der Waals surface area contributed by atoms with Gasteiger partial charge in [0.2, 0.25) is 70.9 Å². The number of amides is 12. The van der Waals surface area contributed by atoms with Gasteiger partial charge in [-0.2, -0.15) is 0 Å². The fraction of sp³-hybridized carbons (Fsp3) is 0.678. The van der Waals surface area contributed by atoms with Crippen LogP contribution in [0.5, 0.6) is 0 Å². The predicted octanol–water partition coefficient (Wildman–Crippen LogP) is -5.26. The molecule has 23 N–H and O–H groups in total. The Labute approximate surface area is 530 Å². The second kappa shape index (κ2) is 36.7. The molecule has 1 aliphatic rings. The molecule has 14 atom stereocenters. The van der Waals surface area contributed by atoms with Crippen LogP contribution in [0.25, 0.3) is 0 Å². The van der Waals surface area contributed by atoms with E-state index >= 15 is 4.79 Å². The van der Waals surface area contributed by atoms with Crippen molar-refractivity contribution >= 4 is 76.8 Å². The Kier molecular flexibility index (Phi) is 31.9. The first-order chi connectivity index (χ1) is 42.2. The largest absolute Gasteiger partial charge is 0.394 e. The number of benzene rings is 1. The van der Waals surface area contributed by atoms with Crippen LogP contribution in [0.1, 0.15) is 133 Å². The molecule has 0 aromatic heterocycles. The van der Waals surface area contributed by atoms with Crippen molar-refractivity contribution in [3.05, 3.63) is 35.9 Å². The van der Waals surface area contributed by atoms with Crippen LogP contribution < -0.4 is 81.0 Å². The smallest absolute Gasteiger partial charge is 0.248 e. The normalized spacial score (nSPS) is 24.5. The first kappa shape index (κ1) is 79.0. The Morgan fingerprint density at radius 1 is 0.637 bits per heavy atom. The zero-order valence-electron chi connectivity index (χ0n) is 54.1. The number of hydrogen-bond donors (Lipinski definition) is 20. The molecule has 32 nitrogen and oxygen atoms in total. The van der Waals surface area contributed by atoms with Crippen LogP contribution in [-0.2, 0) is 57.5 Å². The number of carbonyl (C=O) groups excluding carboxylic acids is 12. The number of aliphatic hydroxyl groups is 4. The summed E-state index contributed by atoms with van der Waals surface area (Å²) in [5, 5.41) is 80.6. The first-order valence-corrected chi connectivity index (χ1v) is 30.3. The van der Waals surface area contributed by atoms with Crippen LogP contribution in [0.3, 0.4) is 0 Å². The molecule has 1 heterocycles. The van der Waals surface area contributed by atoms with Gasteiger partial charge >= 0.3 is 0 Å². The molecule has 0 bridgehead atoms. The third-order valence-corrected chi connectivity index (χ3v) is 14.6. The summed E-state index contributed by atoms with van der Waals surface area (Å²) in [6.45, 7) is 17.1. The van der Waals surface area contributed by atoms with E-state index in [9.17, 15) is 73.2 Å². The predicted molar refractivity (Wildman–Crippen MR) is 332 cm³/mol. The van der Waals surface area contributed by atoms with Crippen molar-refractivity contribution in [2.24, 2.45) is 45.8 Å². The van der Waals surface area contributed by atoms with Crippen LogP contribution in [0.2, 0.25) is 0 Å². The second-order valence-electron chi connectivity index (χ2n) is 26.0. The Morgan fingerprint density at radius 3 is 1.66 bits per heavy atom. The van der Waals surface area contributed by atoms with Crippen LogP contribution in [0.15, 0.2) is 30.3 Å². The molecule has 1 aromatic rings. The zero-order valence-corrected chi connectivity index (χ0v) is 54.1. The standard InChI is InChI=1S/C59H100N16O16/c1-13-30(6)39-53(88)69-36(26-76)48(83)65-25-38(78)71-43(45(80)46(61)81)56(91)70-37(27-77)52(87)73-40(31-18-15-14-16-19-31)41(74-51(86)35(24-59(10,11)12)68-47(82)32(60)23-58(7,8)9)54(89)75-42(44(79)29(4)5)55(90)67-34(22-28(2)3)50(85)66-33(49(84)72-39)20-17-21-64-57(62)63/h14-16,18-19,28-30,32-37,39-45,76-77,79-80H,13,17,20-27,60H2,1-12H3,(H2,61,81)(H,65,83)(H,66,85)(H,67,90)(H,68,82)(H,69,88)(H,70,91)(H,71,78)(H,72,84)(H,73,87)(H,74,86)(H,75,89)(H4,62,63,64)/t30-,32+,33+,34-,35-,36-,37-,39-,40+,41-,42-,43?,44+,45-/m0/s1. The van der Waals surface area contributed by atoms with E-state index in [4.69, 9.17) is 22.6 Å². The maximum atomic E-state index is 15.5. The molecule has 1 aliphatic heterocycles. The van der Waals surface area contributed by atoms with Crippen molar-refractivity contribution in [2.75, 3.05) is 26.3 Å². The lowest BCUT2D eigenvalue weighted by molar-refractivity contribution is -0.140. The van der Waals surface area contributed by atoms with Crippen molar-refractivity contribution in [3.8, 4) is 0 Å². The minimum atomic E-state index is -2.55. The van der Waals surface area contributed by atoms with E-state index in [0.717, 1.165) is 0 Å². The van der Waals surface area contributed by atoms with Crippen molar-refractivity contribution in [3.63, 3.8) is 0 Å². The number of hydrogen-bond acceptors (Lipinski definition) is 18. The van der Waals surface area contributed by atoms with E-state index in [1.807, 2.05) is 26.1 Å². The molecule has 32 heteroatoms. The Balaban J connectivity index is 3.14. The molecule has 91 heavy (non-hydrogen) atoms. The fourth-order valence-corrected chi connectivity index (χ4v) is 9.48. The van der Waals surface area contributed by atoms with Gasteiger partial charge in [0, 0.05) is 6.54 Å². The monoisotopic (exact) mass is 1290 g/mol. The summed E-state index contributed by atoms with van der Waals surface area (Å²) in [7, 11) is 0. The number of nitrogens with two attached hydrogens (primary N) is 3. The maximum absolute atomic E-state index is 15.5. The van der Waals surface area contributed by atoms with E-state index in [2.05, 4.69) is 58.5 Å². The number of primary amides is 1. The highest BCUT2D eigenvalue weighted by Crippen LogP contribution is 2.25. The number of rotatable bonds is 21. The highest BCUT2D eigenvalue weighted by molar-refractivity contribution is 6.00. The Morgan fingerprint density at radius 2 is 1.14 bits per heavy atom. The van der Waals surface area contributed by atoms with Crippen molar-refractivity contribution in [1.82, 2.24) is 63.8 Å². The van der Waals surface area contributed by atoms with E-state index in [1.165, 1.54) is 38.1 Å². The molecule has 0 radical (unpaired) electrons. The highest BCUT2D eigenvalue weighted by Gasteiger charge is 2.43. The van der Waals surface area contributed by atoms with Gasteiger partial charge in [-0.25, -0.2) is 0 Å². The number of aliphatic hydroxyl groups excluding tert-OH is 4. The lowest BCUT2D eigenvalue weighted by Crippen LogP contribution is -2.65. The van der Waals surface area contributed by atoms with E-state index in [-0.39, 0.29) is 56.6 Å². The van der Waals surface area contributed by atoms with Gasteiger partial charge in [-0.05, 0) is 66.3 Å². The fourth-order valence-electron chi connectivity index (χ4n) is 9.48. The maximum Gasteiger partial charge on any atom is 0.248 e. The summed E-state index contributed by atoms with van der Waals surface area (Å²) in [4.78, 5) is 170. The Bertz CT molecular complexity index is 2690. The third kappa shape index (κ3) is 26.7. The van der Waals surface area contributed by atoms with Gasteiger partial charge in [0.25, 0.3) is 0 Å². The molecular formula is C59H100N16O16. The lowest BCUT2D eigenvalue weighted by Gasteiger charge is -2.35. The first-order valence-electron chi connectivity index (χ1n) is 30.3. The lowest BCUT2D eigenvalue weighted by atomic mass is 9.86. The van der Waals surface area contributed by atoms with Crippen molar-refractivity contribution < 1.29 is 78.0 Å². The molecule has 0 aliphatic carbocycles. The number of guanidine groups is 1. The summed E-state index contributed by atoms with van der Waals surface area (Å²) in [6, 6.07) is -12.0. The molecule has 1 fully saturated rings. The molecule has 12 amide bonds. The Hall–Kier alpha value is -8.07. The molecule has 0 saturated carbocycles. The van der Waals surface area contributed by atoms with E-state index < -0.39 is 198 Å². The molecule has 2 rings (SSSR count). The van der Waals surface area contributed by atoms with Crippen LogP contribution >= 0.6 is 0 Å². The summed E-state index contributed by atoms with van der Waals surface area (Å²) in [5.74, 6) is -16.5. The van der Waals surface area contributed by atoms with E-state index in [1.54, 1.807) is 54.5 Å². The van der Waals surface area contributed by atoms with Crippen LogP contribution in [0.4, 0.5) is 0 Å². The number of nitrogens with one attached hydrogen (secondary N) is 13. The molecular weight excluding hydrogens is 1190 g/mol. The van der Waals surface area contributed by atoms with E-state index in [0.29, 0.717) is 0 Å². The molecule has 1 saturated heterocycles. The molecule has 512 valence electrons. The minimum Gasteiger partial charge on any atom is -0.394 e. The minimum absolute atomic E-state index is 0.0194. The van der Waals surface area contributed by atoms with Gasteiger partial charge in [0.15, 0.2) is 12.1 Å². The summed E-state index contributed by atoms with van der Waals surface area (Å²) in [6.07, 6.45) is -4.28. The average Bonchev–Trinajstić information content (AvgIpc) is 0.955.